The molecule has 4 heteroatoms. The molecule has 1 N–H and O–H groups in total. The molecule has 0 amide bonds. The minimum Gasteiger partial charge on any atom is -0.378 e. The molecule has 3 rings (SSSR count). The van der Waals surface area contributed by atoms with Crippen LogP contribution in [0.25, 0.3) is 5.70 Å². The molecule has 0 spiro atoms. The van der Waals surface area contributed by atoms with Gasteiger partial charge in [0.15, 0.2) is 0 Å². The van der Waals surface area contributed by atoms with Gasteiger partial charge in [0.2, 0.25) is 0 Å². The zero-order chi connectivity index (χ0) is 19.4. The minimum absolute atomic E-state index is 0.262. The molecule has 2 unspecified atom stereocenters. The normalized spacial score (nSPS) is 17.6. The van der Waals surface area contributed by atoms with Crippen LogP contribution in [0.5, 0.6) is 0 Å². The second-order valence-corrected chi connectivity index (χ2v) is 8.53. The first-order valence-corrected chi connectivity index (χ1v) is 10.9. The molecular weight excluding hydrogens is 350 g/mol. The molecule has 0 saturated carbocycles. The Morgan fingerprint density at radius 1 is 1.30 bits per heavy atom. The number of aromatic nitrogens is 1. The first-order chi connectivity index (χ1) is 13.1. The molecule has 0 saturated heterocycles. The van der Waals surface area contributed by atoms with Crippen LogP contribution in [0.15, 0.2) is 48.0 Å². The molecule has 0 bridgehead atoms. The van der Waals surface area contributed by atoms with Gasteiger partial charge in [-0.25, -0.2) is 0 Å². The zero-order valence-electron chi connectivity index (χ0n) is 17.0. The molecule has 27 heavy (non-hydrogen) atoms. The van der Waals surface area contributed by atoms with Gasteiger partial charge in [0.25, 0.3) is 0 Å². The van der Waals surface area contributed by atoms with E-state index in [1.807, 2.05) is 18.0 Å². The molecule has 1 aliphatic rings. The maximum atomic E-state index is 4.78. The Hall–Kier alpha value is -1.78. The molecule has 1 aliphatic heterocycles. The average Bonchev–Trinajstić information content (AvgIpc) is 3.00. The number of pyridine rings is 1. The van der Waals surface area contributed by atoms with Crippen molar-refractivity contribution < 1.29 is 0 Å². The van der Waals surface area contributed by atoms with E-state index in [0.717, 1.165) is 36.4 Å². The van der Waals surface area contributed by atoms with E-state index in [-0.39, 0.29) is 6.04 Å². The smallest absolute Gasteiger partial charge is 0.0620 e. The fourth-order valence-corrected chi connectivity index (χ4v) is 4.54. The summed E-state index contributed by atoms with van der Waals surface area (Å²) in [4.78, 5) is 8.48. The van der Waals surface area contributed by atoms with Crippen molar-refractivity contribution in [3.05, 3.63) is 65.5 Å². The molecule has 144 valence electrons. The van der Waals surface area contributed by atoms with Crippen molar-refractivity contribution in [2.75, 3.05) is 12.8 Å². The lowest BCUT2D eigenvalue weighted by Crippen LogP contribution is -2.19. The molecule has 1 aromatic carbocycles. The quantitative estimate of drug-likeness (QED) is 0.585. The predicted octanol–water partition coefficient (Wildman–Crippen LogP) is 5.80. The van der Waals surface area contributed by atoms with Crippen molar-refractivity contribution in [2.45, 2.75) is 57.1 Å². The Bertz CT molecular complexity index is 785. The van der Waals surface area contributed by atoms with Gasteiger partial charge >= 0.3 is 0 Å². The fraction of sp³-hybridized carbons (Fsp3) is 0.435. The zero-order valence-corrected chi connectivity index (χ0v) is 17.8. The highest BCUT2D eigenvalue weighted by Gasteiger charge is 2.27. The van der Waals surface area contributed by atoms with Gasteiger partial charge in [0, 0.05) is 28.9 Å². The van der Waals surface area contributed by atoms with Gasteiger partial charge in [-0.2, -0.15) is 0 Å². The molecule has 2 aromatic rings. The van der Waals surface area contributed by atoms with Crippen LogP contribution in [-0.4, -0.2) is 22.7 Å². The van der Waals surface area contributed by atoms with Gasteiger partial charge in [-0.3, -0.25) is 9.88 Å². The Morgan fingerprint density at radius 2 is 2.04 bits per heavy atom. The second-order valence-electron chi connectivity index (χ2n) is 7.19. The molecule has 2 atom stereocenters. The van der Waals surface area contributed by atoms with Crippen molar-refractivity contribution in [1.29, 1.82) is 0 Å². The highest BCUT2D eigenvalue weighted by Crippen LogP contribution is 2.34. The molecule has 2 heterocycles. The first kappa shape index (κ1) is 20.0. The summed E-state index contributed by atoms with van der Waals surface area (Å²) in [7, 11) is 2.18. The number of hydrogen-bond acceptors (Lipinski definition) is 4. The largest absolute Gasteiger partial charge is 0.378 e. The van der Waals surface area contributed by atoms with Gasteiger partial charge in [0.05, 0.1) is 17.8 Å². The number of nitrogens with one attached hydrogen (secondary N) is 1. The lowest BCUT2D eigenvalue weighted by Gasteiger charge is -2.21. The summed E-state index contributed by atoms with van der Waals surface area (Å²) < 4.78 is 0. The van der Waals surface area contributed by atoms with Crippen LogP contribution >= 0.6 is 11.8 Å². The number of thioether (sulfide) groups is 1. The van der Waals surface area contributed by atoms with E-state index in [0.29, 0.717) is 6.04 Å². The summed E-state index contributed by atoms with van der Waals surface area (Å²) in [5, 5.41) is 3.62. The van der Waals surface area contributed by atoms with Crippen molar-refractivity contribution >= 4 is 17.5 Å². The van der Waals surface area contributed by atoms with Crippen LogP contribution in [0.1, 0.15) is 68.1 Å². The maximum Gasteiger partial charge on any atom is 0.0620 e. The van der Waals surface area contributed by atoms with E-state index in [4.69, 9.17) is 4.98 Å². The summed E-state index contributed by atoms with van der Waals surface area (Å²) in [6.45, 7) is 11.9. The third kappa shape index (κ3) is 4.39. The van der Waals surface area contributed by atoms with Gasteiger partial charge < -0.3 is 5.32 Å². The Labute approximate surface area is 168 Å². The van der Waals surface area contributed by atoms with E-state index >= 15 is 0 Å². The molecular formula is C23H31N3S. The third-order valence-electron chi connectivity index (χ3n) is 5.35. The van der Waals surface area contributed by atoms with E-state index in [1.165, 1.54) is 21.7 Å². The minimum atomic E-state index is 0.262. The van der Waals surface area contributed by atoms with Crippen LogP contribution in [0.4, 0.5) is 0 Å². The number of nitrogens with zero attached hydrogens (tertiary/aromatic N) is 2. The predicted molar refractivity (Wildman–Crippen MR) is 117 cm³/mol. The Morgan fingerprint density at radius 3 is 2.67 bits per heavy atom. The topological polar surface area (TPSA) is 28.2 Å². The van der Waals surface area contributed by atoms with Gasteiger partial charge in [-0.15, -0.1) is 11.8 Å². The number of benzene rings is 1. The van der Waals surface area contributed by atoms with E-state index < -0.39 is 0 Å². The Balaban J connectivity index is 1.73. The van der Waals surface area contributed by atoms with E-state index in [1.54, 1.807) is 0 Å². The summed E-state index contributed by atoms with van der Waals surface area (Å²) >= 11 is 1.88. The second kappa shape index (κ2) is 8.94. The molecule has 1 aromatic heterocycles. The van der Waals surface area contributed by atoms with Crippen LogP contribution in [0.3, 0.4) is 0 Å². The standard InChI is InChI=1S/C23H31N3S/c1-6-21(17-9-11-20(12-10-17)27-8-3)25-16(4)18-13-19-15-26(5)22(7-2)23(19)24-14-18/h9-14,21-22,25H,4,6-8,15H2,1-3,5H3. The van der Waals surface area contributed by atoms with E-state index in [2.05, 4.69) is 74.9 Å². The van der Waals surface area contributed by atoms with Crippen molar-refractivity contribution in [3.8, 4) is 0 Å². The van der Waals surface area contributed by atoms with Crippen molar-refractivity contribution in [1.82, 2.24) is 15.2 Å². The van der Waals surface area contributed by atoms with Gasteiger partial charge in [0.1, 0.15) is 0 Å². The molecule has 3 nitrogen and oxygen atoms in total. The molecule has 0 fully saturated rings. The highest BCUT2D eigenvalue weighted by atomic mass is 32.2. The average molecular weight is 382 g/mol. The summed E-state index contributed by atoms with van der Waals surface area (Å²) in [6, 6.07) is 11.9. The third-order valence-corrected chi connectivity index (χ3v) is 6.25. The highest BCUT2D eigenvalue weighted by molar-refractivity contribution is 7.99. The lowest BCUT2D eigenvalue weighted by atomic mass is 10.0. The molecule has 0 radical (unpaired) electrons. The van der Waals surface area contributed by atoms with Crippen LogP contribution in [-0.2, 0) is 6.54 Å². The monoisotopic (exact) mass is 381 g/mol. The SMILES string of the molecule is C=C(NC(CC)c1ccc(SCC)cc1)c1cnc2c(c1)CN(C)C2CC. The van der Waals surface area contributed by atoms with Crippen molar-refractivity contribution in [2.24, 2.45) is 0 Å². The lowest BCUT2D eigenvalue weighted by molar-refractivity contribution is 0.259. The van der Waals surface area contributed by atoms with Crippen LogP contribution in [0, 0.1) is 0 Å². The van der Waals surface area contributed by atoms with Crippen LogP contribution < -0.4 is 5.32 Å². The van der Waals surface area contributed by atoms with Crippen LogP contribution in [0.2, 0.25) is 0 Å². The van der Waals surface area contributed by atoms with Gasteiger partial charge in [-0.1, -0.05) is 39.5 Å². The maximum absolute atomic E-state index is 4.78. The number of fused-ring (bicyclic) bond motifs is 1. The van der Waals surface area contributed by atoms with E-state index in [9.17, 15) is 0 Å². The first-order valence-electron chi connectivity index (χ1n) is 9.94. The number of rotatable bonds is 8. The number of hydrogen-bond donors (Lipinski definition) is 1. The summed E-state index contributed by atoms with van der Waals surface area (Å²) in [5.74, 6) is 1.10. The van der Waals surface area contributed by atoms with Crippen molar-refractivity contribution in [3.63, 3.8) is 0 Å². The Kier molecular flexibility index (Phi) is 6.61. The summed E-state index contributed by atoms with van der Waals surface area (Å²) in [6.07, 6.45) is 4.08. The molecule has 0 aliphatic carbocycles. The fourth-order valence-electron chi connectivity index (χ4n) is 3.88. The van der Waals surface area contributed by atoms with Gasteiger partial charge in [-0.05, 0) is 55.0 Å². The summed E-state index contributed by atoms with van der Waals surface area (Å²) in [5.41, 5.74) is 5.91.